The molecule has 1 amide bonds. The van der Waals surface area contributed by atoms with Crippen LogP contribution < -0.4 is 5.73 Å². The number of aryl methyl sites for hydroxylation is 1. The van der Waals surface area contributed by atoms with Crippen molar-refractivity contribution in [2.75, 3.05) is 0 Å². The molecule has 0 saturated carbocycles. The van der Waals surface area contributed by atoms with E-state index in [-0.39, 0.29) is 18.4 Å². The molecule has 0 aromatic carbocycles. The van der Waals surface area contributed by atoms with Gasteiger partial charge < -0.3 is 5.73 Å². The van der Waals surface area contributed by atoms with Gasteiger partial charge in [0.25, 0.3) is 0 Å². The third-order valence-corrected chi connectivity index (χ3v) is 3.53. The molecule has 0 radical (unpaired) electrons. The first-order chi connectivity index (χ1) is 8.67. The van der Waals surface area contributed by atoms with Crippen LogP contribution in [0.15, 0.2) is 0 Å². The van der Waals surface area contributed by atoms with Crippen molar-refractivity contribution in [3.63, 3.8) is 0 Å². The number of fused-ring (bicyclic) bond motifs is 1. The quantitative estimate of drug-likeness (QED) is 0.868. The van der Waals surface area contributed by atoms with Gasteiger partial charge in [0.2, 0.25) is 5.91 Å². The van der Waals surface area contributed by atoms with E-state index in [1.165, 1.54) is 5.56 Å². The molecule has 1 aliphatic rings. The molecule has 0 saturated heterocycles. The molecule has 1 aromatic rings. The van der Waals surface area contributed by atoms with Gasteiger partial charge in [-0.25, -0.2) is 0 Å². The van der Waals surface area contributed by atoms with Gasteiger partial charge in [0, 0.05) is 23.6 Å². The van der Waals surface area contributed by atoms with Gasteiger partial charge in [0.05, 0.1) is 11.8 Å². The Balaban J connectivity index is 2.43. The minimum atomic E-state index is -0.370. The minimum absolute atomic E-state index is 0.140. The van der Waals surface area contributed by atoms with Gasteiger partial charge in [0.1, 0.15) is 6.54 Å². The molecular formula is C13H18N4O. The molecule has 0 spiro atoms. The van der Waals surface area contributed by atoms with Crippen molar-refractivity contribution in [1.82, 2.24) is 9.78 Å². The number of amides is 1. The second-order valence-electron chi connectivity index (χ2n) is 4.74. The molecule has 1 unspecified atom stereocenters. The van der Waals surface area contributed by atoms with Gasteiger partial charge in [-0.05, 0) is 25.7 Å². The molecule has 2 rings (SSSR count). The van der Waals surface area contributed by atoms with Crippen LogP contribution in [0.2, 0.25) is 0 Å². The Labute approximate surface area is 107 Å². The van der Waals surface area contributed by atoms with E-state index in [1.54, 1.807) is 4.68 Å². The van der Waals surface area contributed by atoms with Crippen molar-refractivity contribution in [3.05, 3.63) is 17.0 Å². The van der Waals surface area contributed by atoms with E-state index < -0.39 is 0 Å². The number of primary amides is 1. The van der Waals surface area contributed by atoms with Crippen LogP contribution in [0.5, 0.6) is 0 Å². The fourth-order valence-corrected chi connectivity index (χ4v) is 2.81. The fourth-order valence-electron chi connectivity index (χ4n) is 2.81. The number of carbonyl (C=O) groups is 1. The predicted molar refractivity (Wildman–Crippen MR) is 66.7 cm³/mol. The highest BCUT2D eigenvalue weighted by molar-refractivity contribution is 5.73. The van der Waals surface area contributed by atoms with Crippen LogP contribution in [-0.2, 0) is 24.2 Å². The number of nitrogens with zero attached hydrogens (tertiary/aromatic N) is 3. The Morgan fingerprint density at radius 2 is 2.44 bits per heavy atom. The smallest absolute Gasteiger partial charge is 0.239 e. The van der Waals surface area contributed by atoms with Crippen LogP contribution >= 0.6 is 0 Å². The molecular weight excluding hydrogens is 228 g/mol. The van der Waals surface area contributed by atoms with E-state index in [0.717, 1.165) is 37.1 Å². The first-order valence-electron chi connectivity index (χ1n) is 6.41. The topological polar surface area (TPSA) is 84.7 Å². The summed E-state index contributed by atoms with van der Waals surface area (Å²) in [6, 6.07) is 2.25. The van der Waals surface area contributed by atoms with Crippen molar-refractivity contribution in [2.24, 2.45) is 5.73 Å². The van der Waals surface area contributed by atoms with E-state index in [4.69, 9.17) is 11.0 Å². The lowest BCUT2D eigenvalue weighted by molar-refractivity contribution is -0.118. The van der Waals surface area contributed by atoms with Crippen molar-refractivity contribution in [2.45, 2.75) is 51.5 Å². The van der Waals surface area contributed by atoms with Crippen molar-refractivity contribution in [3.8, 4) is 6.07 Å². The Bertz CT molecular complexity index is 498. The van der Waals surface area contributed by atoms with E-state index in [1.807, 2.05) is 0 Å². The van der Waals surface area contributed by atoms with Crippen LogP contribution in [0, 0.1) is 11.3 Å². The van der Waals surface area contributed by atoms with Gasteiger partial charge in [-0.15, -0.1) is 0 Å². The van der Waals surface area contributed by atoms with E-state index in [2.05, 4.69) is 18.1 Å². The zero-order valence-corrected chi connectivity index (χ0v) is 10.6. The highest BCUT2D eigenvalue weighted by atomic mass is 16.1. The Hall–Kier alpha value is -1.83. The number of hydrogen-bond acceptors (Lipinski definition) is 3. The molecule has 0 fully saturated rings. The van der Waals surface area contributed by atoms with Gasteiger partial charge in [-0.1, -0.05) is 6.92 Å². The third kappa shape index (κ3) is 2.23. The van der Waals surface area contributed by atoms with E-state index in [0.29, 0.717) is 6.42 Å². The van der Waals surface area contributed by atoms with Gasteiger partial charge >= 0.3 is 0 Å². The summed E-state index contributed by atoms with van der Waals surface area (Å²) >= 11 is 0. The second-order valence-corrected chi connectivity index (χ2v) is 4.74. The number of aromatic nitrogens is 2. The largest absolute Gasteiger partial charge is 0.368 e. The molecule has 5 heteroatoms. The summed E-state index contributed by atoms with van der Waals surface area (Å²) in [5, 5.41) is 13.4. The molecule has 1 atom stereocenters. The number of rotatable bonds is 4. The number of carbonyl (C=O) groups excluding carboxylic acids is 1. The predicted octanol–water partition coefficient (Wildman–Crippen LogP) is 1.26. The molecule has 0 bridgehead atoms. The van der Waals surface area contributed by atoms with Gasteiger partial charge in [-0.3, -0.25) is 9.48 Å². The summed E-state index contributed by atoms with van der Waals surface area (Å²) in [7, 11) is 0. The van der Waals surface area contributed by atoms with Crippen LogP contribution in [-0.4, -0.2) is 15.7 Å². The van der Waals surface area contributed by atoms with E-state index >= 15 is 0 Å². The standard InChI is InChI=1S/C13H18N4O/c1-2-10-13-9(6-7-14)4-3-5-11(13)17(16-10)8-12(15)18/h9H,2-6,8H2,1H3,(H2,15,18). The van der Waals surface area contributed by atoms with Crippen LogP contribution in [0.1, 0.15) is 49.1 Å². The number of nitriles is 1. The molecule has 5 nitrogen and oxygen atoms in total. The maximum Gasteiger partial charge on any atom is 0.239 e. The normalized spacial score (nSPS) is 18.1. The van der Waals surface area contributed by atoms with Gasteiger partial charge in [-0.2, -0.15) is 10.4 Å². The van der Waals surface area contributed by atoms with Crippen molar-refractivity contribution < 1.29 is 4.79 Å². The van der Waals surface area contributed by atoms with Crippen LogP contribution in [0.4, 0.5) is 0 Å². The first-order valence-corrected chi connectivity index (χ1v) is 6.41. The Morgan fingerprint density at radius 3 is 3.06 bits per heavy atom. The van der Waals surface area contributed by atoms with Crippen molar-refractivity contribution in [1.29, 1.82) is 5.26 Å². The second kappa shape index (κ2) is 5.21. The summed E-state index contributed by atoms with van der Waals surface area (Å²) in [5.41, 5.74) is 8.58. The molecule has 1 aliphatic carbocycles. The monoisotopic (exact) mass is 246 g/mol. The zero-order valence-electron chi connectivity index (χ0n) is 10.6. The van der Waals surface area contributed by atoms with Crippen LogP contribution in [0.3, 0.4) is 0 Å². The highest BCUT2D eigenvalue weighted by Crippen LogP contribution is 2.36. The van der Waals surface area contributed by atoms with Gasteiger partial charge in [0.15, 0.2) is 0 Å². The lowest BCUT2D eigenvalue weighted by Crippen LogP contribution is -2.22. The summed E-state index contributed by atoms with van der Waals surface area (Å²) in [6.07, 6.45) is 4.37. The summed E-state index contributed by atoms with van der Waals surface area (Å²) < 4.78 is 1.74. The SMILES string of the molecule is CCc1nn(CC(N)=O)c2c1C(CC#N)CCC2. The molecule has 2 N–H and O–H groups in total. The molecule has 0 aliphatic heterocycles. The third-order valence-electron chi connectivity index (χ3n) is 3.53. The first kappa shape index (κ1) is 12.6. The lowest BCUT2D eigenvalue weighted by atomic mass is 9.83. The van der Waals surface area contributed by atoms with Crippen molar-refractivity contribution >= 4 is 5.91 Å². The average molecular weight is 246 g/mol. The number of hydrogen-bond donors (Lipinski definition) is 1. The highest BCUT2D eigenvalue weighted by Gasteiger charge is 2.27. The average Bonchev–Trinajstić information content (AvgIpc) is 2.68. The fraction of sp³-hybridized carbons (Fsp3) is 0.615. The zero-order chi connectivity index (χ0) is 13.1. The number of nitrogens with two attached hydrogens (primary N) is 1. The van der Waals surface area contributed by atoms with Crippen LogP contribution in [0.25, 0.3) is 0 Å². The van der Waals surface area contributed by atoms with E-state index in [9.17, 15) is 4.79 Å². The maximum absolute atomic E-state index is 11.1. The minimum Gasteiger partial charge on any atom is -0.368 e. The Morgan fingerprint density at radius 1 is 1.67 bits per heavy atom. The lowest BCUT2D eigenvalue weighted by Gasteiger charge is -2.21. The summed E-state index contributed by atoms with van der Waals surface area (Å²) in [5.74, 6) is -0.0966. The molecule has 96 valence electrons. The molecule has 1 heterocycles. The molecule has 18 heavy (non-hydrogen) atoms. The molecule has 1 aromatic heterocycles. The Kier molecular flexibility index (Phi) is 3.66. The summed E-state index contributed by atoms with van der Waals surface area (Å²) in [6.45, 7) is 2.19. The summed E-state index contributed by atoms with van der Waals surface area (Å²) in [4.78, 5) is 11.1. The maximum atomic E-state index is 11.1.